The van der Waals surface area contributed by atoms with Crippen LogP contribution in [0.2, 0.25) is 0 Å². The molecule has 0 saturated heterocycles. The molecule has 0 aliphatic rings. The summed E-state index contributed by atoms with van der Waals surface area (Å²) in [5, 5.41) is 7.08. The Kier molecular flexibility index (Phi) is 8.19. The van der Waals surface area contributed by atoms with Crippen LogP contribution < -0.4 is 4.90 Å². The zero-order valence-electron chi connectivity index (χ0n) is 31.7. The Hall–Kier alpha value is -7.68. The lowest BCUT2D eigenvalue weighted by atomic mass is 9.97. The van der Waals surface area contributed by atoms with E-state index < -0.39 is 0 Å². The second-order valence-electron chi connectivity index (χ2n) is 15.0. The maximum Gasteiger partial charge on any atom is 0.136 e. The van der Waals surface area contributed by atoms with Crippen molar-refractivity contribution < 1.29 is 4.42 Å². The summed E-state index contributed by atoms with van der Waals surface area (Å²) in [4.78, 5) is 2.35. The molecule has 272 valence electrons. The summed E-state index contributed by atoms with van der Waals surface area (Å²) < 4.78 is 6.45. The molecule has 0 unspecified atom stereocenters. The highest BCUT2D eigenvalue weighted by Gasteiger charge is 2.17. The van der Waals surface area contributed by atoms with Crippen LogP contribution in [0.1, 0.15) is 0 Å². The molecule has 0 amide bonds. The average molecular weight is 740 g/mol. The normalized spacial score (nSPS) is 11.4. The molecule has 10 aromatic carbocycles. The van der Waals surface area contributed by atoms with Gasteiger partial charge in [-0.3, -0.25) is 0 Å². The van der Waals surface area contributed by atoms with Crippen LogP contribution in [0.3, 0.4) is 0 Å². The molecule has 0 spiro atoms. The van der Waals surface area contributed by atoms with Crippen LogP contribution in [0.4, 0.5) is 17.1 Å². The summed E-state index contributed by atoms with van der Waals surface area (Å²) in [6.45, 7) is 0. The van der Waals surface area contributed by atoms with Gasteiger partial charge in [0.2, 0.25) is 0 Å². The highest BCUT2D eigenvalue weighted by molar-refractivity contribution is 6.19. The van der Waals surface area contributed by atoms with Gasteiger partial charge in [-0.1, -0.05) is 164 Å². The number of hydrogen-bond donors (Lipinski definition) is 0. The van der Waals surface area contributed by atoms with Gasteiger partial charge in [-0.25, -0.2) is 0 Å². The number of furan rings is 1. The molecule has 0 aliphatic heterocycles. The van der Waals surface area contributed by atoms with Gasteiger partial charge in [0, 0.05) is 27.8 Å². The smallest absolute Gasteiger partial charge is 0.136 e. The summed E-state index contributed by atoms with van der Waals surface area (Å²) in [6.07, 6.45) is 0. The fourth-order valence-corrected chi connectivity index (χ4v) is 8.45. The first-order valence-corrected chi connectivity index (χ1v) is 19.8. The lowest BCUT2D eigenvalue weighted by Gasteiger charge is -2.26. The van der Waals surface area contributed by atoms with E-state index in [1.54, 1.807) is 0 Å². The third kappa shape index (κ3) is 6.09. The fourth-order valence-electron chi connectivity index (χ4n) is 8.45. The van der Waals surface area contributed by atoms with Crippen LogP contribution in [0.25, 0.3) is 88.0 Å². The van der Waals surface area contributed by atoms with Gasteiger partial charge >= 0.3 is 0 Å². The predicted octanol–water partition coefficient (Wildman–Crippen LogP) is 16.0. The predicted molar refractivity (Wildman–Crippen MR) is 245 cm³/mol. The quantitative estimate of drug-likeness (QED) is 0.162. The Labute approximate surface area is 337 Å². The Morgan fingerprint density at radius 2 is 0.707 bits per heavy atom. The van der Waals surface area contributed by atoms with Crippen molar-refractivity contribution in [1.82, 2.24) is 0 Å². The molecule has 11 rings (SSSR count). The molecule has 58 heavy (non-hydrogen) atoms. The molecular formula is C56H37NO. The molecule has 2 nitrogen and oxygen atoms in total. The van der Waals surface area contributed by atoms with Crippen LogP contribution in [-0.2, 0) is 0 Å². The van der Waals surface area contributed by atoms with Crippen molar-refractivity contribution in [3.05, 3.63) is 224 Å². The van der Waals surface area contributed by atoms with Crippen LogP contribution >= 0.6 is 0 Å². The largest absolute Gasteiger partial charge is 0.456 e. The Bertz CT molecular complexity index is 3240. The van der Waals surface area contributed by atoms with Gasteiger partial charge in [-0.2, -0.15) is 0 Å². The maximum absolute atomic E-state index is 6.45. The molecule has 0 fully saturated rings. The lowest BCUT2D eigenvalue weighted by Crippen LogP contribution is -2.09. The standard InChI is InChI=1S/C56H37NO/c1-3-9-38(10-4-1)41-15-17-43(18-16-41)47-25-33-54-53(37-47)56-52-32-31-51(36-48(52)26-34-55(56)58-54)57(49-27-21-42(22-28-49)39-11-5-2-6-12-39)50-29-23-44(24-30-50)46-20-19-40-13-7-8-14-45(40)35-46/h1-37H. The summed E-state index contributed by atoms with van der Waals surface area (Å²) in [6, 6.07) is 80.7. The third-order valence-electron chi connectivity index (χ3n) is 11.5. The van der Waals surface area contributed by atoms with Gasteiger partial charge in [0.05, 0.1) is 0 Å². The van der Waals surface area contributed by atoms with Crippen molar-refractivity contribution in [1.29, 1.82) is 0 Å². The fraction of sp³-hybridized carbons (Fsp3) is 0. The minimum absolute atomic E-state index is 0.892. The Balaban J connectivity index is 0.993. The summed E-state index contributed by atoms with van der Waals surface area (Å²) in [5.41, 5.74) is 14.6. The van der Waals surface area contributed by atoms with Crippen molar-refractivity contribution in [2.24, 2.45) is 0 Å². The van der Waals surface area contributed by atoms with Crippen molar-refractivity contribution >= 4 is 60.5 Å². The first-order valence-electron chi connectivity index (χ1n) is 19.8. The molecule has 0 radical (unpaired) electrons. The number of benzene rings is 10. The first-order chi connectivity index (χ1) is 28.7. The van der Waals surface area contributed by atoms with E-state index in [2.05, 4.69) is 229 Å². The topological polar surface area (TPSA) is 16.4 Å². The van der Waals surface area contributed by atoms with Crippen molar-refractivity contribution in [2.45, 2.75) is 0 Å². The second kappa shape index (κ2) is 14.1. The van der Waals surface area contributed by atoms with Crippen LogP contribution in [0.5, 0.6) is 0 Å². The molecule has 0 saturated carbocycles. The van der Waals surface area contributed by atoms with E-state index in [0.29, 0.717) is 0 Å². The van der Waals surface area contributed by atoms with E-state index in [9.17, 15) is 0 Å². The van der Waals surface area contributed by atoms with Crippen molar-refractivity contribution in [3.8, 4) is 44.5 Å². The molecule has 0 N–H and O–H groups in total. The molecule has 0 atom stereocenters. The number of hydrogen-bond acceptors (Lipinski definition) is 2. The molecular weight excluding hydrogens is 703 g/mol. The maximum atomic E-state index is 6.45. The number of nitrogens with zero attached hydrogens (tertiary/aromatic N) is 1. The average Bonchev–Trinajstić information content (AvgIpc) is 3.68. The molecule has 2 heteroatoms. The van der Waals surface area contributed by atoms with Crippen molar-refractivity contribution in [3.63, 3.8) is 0 Å². The zero-order valence-corrected chi connectivity index (χ0v) is 31.7. The molecule has 1 aromatic heterocycles. The van der Waals surface area contributed by atoms with Crippen LogP contribution in [-0.4, -0.2) is 0 Å². The van der Waals surface area contributed by atoms with E-state index in [1.165, 1.54) is 60.7 Å². The molecule has 11 aromatic rings. The van der Waals surface area contributed by atoms with Crippen molar-refractivity contribution in [2.75, 3.05) is 4.90 Å². The third-order valence-corrected chi connectivity index (χ3v) is 11.5. The van der Waals surface area contributed by atoms with E-state index >= 15 is 0 Å². The SMILES string of the molecule is c1ccc(-c2ccc(-c3ccc4oc5ccc6cc(N(c7ccc(-c8ccccc8)cc7)c7ccc(-c8ccc9ccccc9c8)cc7)ccc6c5c4c3)cc2)cc1. The molecule has 0 aliphatic carbocycles. The highest BCUT2D eigenvalue weighted by Crippen LogP contribution is 2.42. The number of fused-ring (bicyclic) bond motifs is 6. The zero-order chi connectivity index (χ0) is 38.4. The molecule has 1 heterocycles. The van der Waals surface area contributed by atoms with Crippen LogP contribution in [0, 0.1) is 0 Å². The minimum atomic E-state index is 0.892. The summed E-state index contributed by atoms with van der Waals surface area (Å²) in [7, 11) is 0. The lowest BCUT2D eigenvalue weighted by molar-refractivity contribution is 0.669. The number of anilines is 3. The Morgan fingerprint density at radius 3 is 1.34 bits per heavy atom. The minimum Gasteiger partial charge on any atom is -0.456 e. The first kappa shape index (κ1) is 33.6. The van der Waals surface area contributed by atoms with E-state index in [1.807, 2.05) is 0 Å². The van der Waals surface area contributed by atoms with Gasteiger partial charge in [0.15, 0.2) is 0 Å². The Morgan fingerprint density at radius 1 is 0.259 bits per heavy atom. The summed E-state index contributed by atoms with van der Waals surface area (Å²) in [5.74, 6) is 0. The van der Waals surface area contributed by atoms with Gasteiger partial charge in [0.25, 0.3) is 0 Å². The summed E-state index contributed by atoms with van der Waals surface area (Å²) >= 11 is 0. The van der Waals surface area contributed by atoms with Gasteiger partial charge in [0.1, 0.15) is 11.2 Å². The van der Waals surface area contributed by atoms with E-state index in [-0.39, 0.29) is 0 Å². The van der Waals surface area contributed by atoms with Gasteiger partial charge in [-0.05, 0) is 127 Å². The monoisotopic (exact) mass is 739 g/mol. The highest BCUT2D eigenvalue weighted by atomic mass is 16.3. The number of rotatable bonds is 7. The van der Waals surface area contributed by atoms with E-state index in [0.717, 1.165) is 44.4 Å². The van der Waals surface area contributed by atoms with E-state index in [4.69, 9.17) is 4.42 Å². The van der Waals surface area contributed by atoms with Gasteiger partial charge in [-0.15, -0.1) is 0 Å². The second-order valence-corrected chi connectivity index (χ2v) is 15.0. The van der Waals surface area contributed by atoms with Gasteiger partial charge < -0.3 is 9.32 Å². The molecule has 0 bridgehead atoms. The van der Waals surface area contributed by atoms with Crippen LogP contribution in [0.15, 0.2) is 229 Å².